The van der Waals surface area contributed by atoms with Crippen molar-refractivity contribution in [1.82, 2.24) is 0 Å². The van der Waals surface area contributed by atoms with E-state index in [0.29, 0.717) is 5.56 Å². The molecule has 2 heteroatoms. The molecule has 82 valence electrons. The monoisotopic (exact) mass is 210 g/mol. The van der Waals surface area contributed by atoms with Crippen LogP contribution < -0.4 is 0 Å². The van der Waals surface area contributed by atoms with Crippen molar-refractivity contribution in [3.63, 3.8) is 0 Å². The second-order valence-electron chi connectivity index (χ2n) is 4.33. The average molecular weight is 210 g/mol. The summed E-state index contributed by atoms with van der Waals surface area (Å²) in [5, 5.41) is 0. The van der Waals surface area contributed by atoms with Crippen LogP contribution in [0.15, 0.2) is 18.2 Å². The van der Waals surface area contributed by atoms with Crippen molar-refractivity contribution >= 4 is 0 Å². The molecule has 2 rings (SSSR count). The molecule has 1 aromatic rings. The minimum Gasteiger partial charge on any atom is -0.204 e. The summed E-state index contributed by atoms with van der Waals surface area (Å²) in [5.41, 5.74) is 0.580. The van der Waals surface area contributed by atoms with Crippen LogP contribution in [-0.4, -0.2) is 0 Å². The molecule has 0 unspecified atom stereocenters. The molecule has 0 amide bonds. The number of rotatable bonds is 1. The predicted octanol–water partition coefficient (Wildman–Crippen LogP) is 4.40. The molecule has 0 saturated heterocycles. The Labute approximate surface area is 89.3 Å². The fourth-order valence-electron chi connectivity index (χ4n) is 2.43. The van der Waals surface area contributed by atoms with Gasteiger partial charge < -0.3 is 0 Å². The zero-order chi connectivity index (χ0) is 10.7. The third-order valence-corrected chi connectivity index (χ3v) is 3.28. The molecule has 0 nitrogen and oxygen atoms in total. The first kappa shape index (κ1) is 10.6. The zero-order valence-corrected chi connectivity index (χ0v) is 8.81. The molecule has 15 heavy (non-hydrogen) atoms. The van der Waals surface area contributed by atoms with E-state index in [1.165, 1.54) is 18.9 Å². The van der Waals surface area contributed by atoms with Crippen LogP contribution in [0.3, 0.4) is 0 Å². The second kappa shape index (κ2) is 4.73. The Kier molecular flexibility index (Phi) is 3.34. The minimum atomic E-state index is -0.711. The van der Waals surface area contributed by atoms with Gasteiger partial charge in [-0.1, -0.05) is 37.8 Å². The third-order valence-electron chi connectivity index (χ3n) is 3.28. The molecule has 1 fully saturated rings. The van der Waals surface area contributed by atoms with Gasteiger partial charge in [-0.15, -0.1) is 0 Å². The summed E-state index contributed by atoms with van der Waals surface area (Å²) in [6.07, 6.45) is 6.74. The fraction of sp³-hybridized carbons (Fsp3) is 0.538. The van der Waals surface area contributed by atoms with Crippen LogP contribution in [0.5, 0.6) is 0 Å². The average Bonchev–Trinajstić information content (AvgIpc) is 2.50. The molecule has 1 saturated carbocycles. The summed E-state index contributed by atoms with van der Waals surface area (Å²) in [5.74, 6) is -1.12. The van der Waals surface area contributed by atoms with Crippen molar-refractivity contribution in [2.75, 3.05) is 0 Å². The lowest BCUT2D eigenvalue weighted by Gasteiger charge is -2.15. The van der Waals surface area contributed by atoms with Crippen LogP contribution in [0.25, 0.3) is 0 Å². The highest BCUT2D eigenvalue weighted by molar-refractivity contribution is 5.23. The SMILES string of the molecule is Fc1cccc(C2CCCCCC2)c1F. The molecule has 1 aliphatic carbocycles. The molecule has 0 atom stereocenters. The summed E-state index contributed by atoms with van der Waals surface area (Å²) < 4.78 is 26.6. The molecular formula is C13H16F2. The Bertz CT molecular complexity index is 325. The topological polar surface area (TPSA) is 0 Å². The maximum absolute atomic E-state index is 13.5. The first-order valence-electron chi connectivity index (χ1n) is 5.73. The van der Waals surface area contributed by atoms with Gasteiger partial charge in [0.25, 0.3) is 0 Å². The summed E-state index contributed by atoms with van der Waals surface area (Å²) in [7, 11) is 0. The van der Waals surface area contributed by atoms with Crippen LogP contribution in [0, 0.1) is 11.6 Å². The van der Waals surface area contributed by atoms with E-state index in [0.717, 1.165) is 25.7 Å². The van der Waals surface area contributed by atoms with E-state index in [-0.39, 0.29) is 5.92 Å². The van der Waals surface area contributed by atoms with E-state index in [9.17, 15) is 8.78 Å². The van der Waals surface area contributed by atoms with Crippen LogP contribution in [-0.2, 0) is 0 Å². The number of halogens is 2. The van der Waals surface area contributed by atoms with Crippen LogP contribution in [0.1, 0.15) is 50.0 Å². The molecule has 0 aromatic heterocycles. The van der Waals surface area contributed by atoms with Crippen molar-refractivity contribution in [1.29, 1.82) is 0 Å². The largest absolute Gasteiger partial charge is 0.204 e. The van der Waals surface area contributed by atoms with Crippen LogP contribution in [0.4, 0.5) is 8.78 Å². The van der Waals surface area contributed by atoms with E-state index in [1.54, 1.807) is 12.1 Å². The Morgan fingerprint density at radius 1 is 0.933 bits per heavy atom. The first-order chi connectivity index (χ1) is 7.29. The van der Waals surface area contributed by atoms with E-state index in [4.69, 9.17) is 0 Å². The Hall–Kier alpha value is -0.920. The van der Waals surface area contributed by atoms with Gasteiger partial charge >= 0.3 is 0 Å². The van der Waals surface area contributed by atoms with Gasteiger partial charge in [-0.05, 0) is 30.4 Å². The Morgan fingerprint density at radius 2 is 1.60 bits per heavy atom. The quantitative estimate of drug-likeness (QED) is 0.602. The summed E-state index contributed by atoms with van der Waals surface area (Å²) in [6, 6.07) is 4.53. The van der Waals surface area contributed by atoms with Crippen LogP contribution in [0.2, 0.25) is 0 Å². The van der Waals surface area contributed by atoms with Crippen molar-refractivity contribution in [3.8, 4) is 0 Å². The van der Waals surface area contributed by atoms with E-state index in [1.807, 2.05) is 0 Å². The number of benzene rings is 1. The molecule has 0 radical (unpaired) electrons. The lowest BCUT2D eigenvalue weighted by molar-refractivity contribution is 0.475. The predicted molar refractivity (Wildman–Crippen MR) is 56.8 cm³/mol. The lowest BCUT2D eigenvalue weighted by Crippen LogP contribution is -2.02. The van der Waals surface area contributed by atoms with Gasteiger partial charge in [-0.2, -0.15) is 0 Å². The number of hydrogen-bond donors (Lipinski definition) is 0. The first-order valence-corrected chi connectivity index (χ1v) is 5.73. The minimum absolute atomic E-state index is 0.225. The van der Waals surface area contributed by atoms with Crippen molar-refractivity contribution in [3.05, 3.63) is 35.4 Å². The normalized spacial score (nSPS) is 18.8. The van der Waals surface area contributed by atoms with Crippen LogP contribution >= 0.6 is 0 Å². The van der Waals surface area contributed by atoms with Crippen molar-refractivity contribution in [2.24, 2.45) is 0 Å². The molecular weight excluding hydrogens is 194 g/mol. The van der Waals surface area contributed by atoms with Gasteiger partial charge in [0, 0.05) is 0 Å². The fourth-order valence-corrected chi connectivity index (χ4v) is 2.43. The van der Waals surface area contributed by atoms with E-state index >= 15 is 0 Å². The van der Waals surface area contributed by atoms with Gasteiger partial charge in [0.05, 0.1) is 0 Å². The molecule has 1 aromatic carbocycles. The van der Waals surface area contributed by atoms with Crippen molar-refractivity contribution in [2.45, 2.75) is 44.4 Å². The standard InChI is InChI=1S/C13H16F2/c14-12-9-5-8-11(13(12)15)10-6-3-1-2-4-7-10/h5,8-10H,1-4,6-7H2. The van der Waals surface area contributed by atoms with Gasteiger partial charge in [0.15, 0.2) is 11.6 Å². The smallest absolute Gasteiger partial charge is 0.162 e. The van der Waals surface area contributed by atoms with E-state index in [2.05, 4.69) is 0 Å². The Balaban J connectivity index is 2.23. The van der Waals surface area contributed by atoms with Gasteiger partial charge in [-0.3, -0.25) is 0 Å². The van der Waals surface area contributed by atoms with Crippen molar-refractivity contribution < 1.29 is 8.78 Å². The maximum atomic E-state index is 13.5. The highest BCUT2D eigenvalue weighted by atomic mass is 19.2. The zero-order valence-electron chi connectivity index (χ0n) is 8.81. The maximum Gasteiger partial charge on any atom is 0.162 e. The van der Waals surface area contributed by atoms with Gasteiger partial charge in [-0.25, -0.2) is 8.78 Å². The molecule has 0 heterocycles. The molecule has 0 N–H and O–H groups in total. The summed E-state index contributed by atoms with van der Waals surface area (Å²) >= 11 is 0. The Morgan fingerprint density at radius 3 is 2.27 bits per heavy atom. The van der Waals surface area contributed by atoms with Gasteiger partial charge in [0.1, 0.15) is 0 Å². The summed E-state index contributed by atoms with van der Waals surface area (Å²) in [6.45, 7) is 0. The third kappa shape index (κ3) is 2.36. The molecule has 0 spiro atoms. The highest BCUT2D eigenvalue weighted by Gasteiger charge is 2.19. The summed E-state index contributed by atoms with van der Waals surface area (Å²) in [4.78, 5) is 0. The highest BCUT2D eigenvalue weighted by Crippen LogP contribution is 2.33. The molecule has 0 aliphatic heterocycles. The van der Waals surface area contributed by atoms with E-state index < -0.39 is 11.6 Å². The molecule has 1 aliphatic rings. The number of hydrogen-bond acceptors (Lipinski definition) is 0. The van der Waals surface area contributed by atoms with Gasteiger partial charge in [0.2, 0.25) is 0 Å². The second-order valence-corrected chi connectivity index (χ2v) is 4.33. The molecule has 0 bridgehead atoms. The lowest BCUT2D eigenvalue weighted by atomic mass is 9.91.